The first kappa shape index (κ1) is 14.3. The van der Waals surface area contributed by atoms with Crippen molar-refractivity contribution < 1.29 is 14.6 Å². The van der Waals surface area contributed by atoms with Crippen molar-refractivity contribution in [3.63, 3.8) is 0 Å². The van der Waals surface area contributed by atoms with Gasteiger partial charge in [-0.1, -0.05) is 6.92 Å². The van der Waals surface area contributed by atoms with Crippen LogP contribution in [0.25, 0.3) is 0 Å². The van der Waals surface area contributed by atoms with E-state index >= 15 is 0 Å². The summed E-state index contributed by atoms with van der Waals surface area (Å²) in [5, 5.41) is 12.4. The Morgan fingerprint density at radius 3 is 2.53 bits per heavy atom. The van der Waals surface area contributed by atoms with Gasteiger partial charge in [0.15, 0.2) is 0 Å². The van der Waals surface area contributed by atoms with Crippen LogP contribution >= 0.6 is 0 Å². The van der Waals surface area contributed by atoms with E-state index in [1.807, 2.05) is 27.7 Å². The third-order valence-corrected chi connectivity index (χ3v) is 2.72. The molecular formula is C12H24N2O3. The van der Waals surface area contributed by atoms with Gasteiger partial charge in [0, 0.05) is 25.2 Å². The maximum absolute atomic E-state index is 11.6. The minimum atomic E-state index is -0.438. The number of rotatable bonds is 4. The van der Waals surface area contributed by atoms with Gasteiger partial charge in [0.1, 0.15) is 5.60 Å². The average molecular weight is 244 g/mol. The Balaban J connectivity index is 2.25. The molecule has 1 rings (SSSR count). The molecule has 5 heteroatoms. The van der Waals surface area contributed by atoms with Gasteiger partial charge in [-0.05, 0) is 27.2 Å². The summed E-state index contributed by atoms with van der Waals surface area (Å²) < 4.78 is 5.26. The molecule has 1 aliphatic rings. The quantitative estimate of drug-likeness (QED) is 0.773. The van der Waals surface area contributed by atoms with Crippen LogP contribution in [0.1, 0.15) is 34.1 Å². The molecule has 100 valence electrons. The standard InChI is InChI=1S/C12H24N2O3/c1-5-9(8-15)13-10-6-14(7-10)11(16)17-12(2,3)4/h9-10,13,15H,5-8H2,1-4H3/t9-/m0/s1. The summed E-state index contributed by atoms with van der Waals surface area (Å²) in [7, 11) is 0. The van der Waals surface area contributed by atoms with Crippen molar-refractivity contribution in [3.05, 3.63) is 0 Å². The lowest BCUT2D eigenvalue weighted by molar-refractivity contribution is 0.00333. The molecule has 1 atom stereocenters. The number of hydrogen-bond acceptors (Lipinski definition) is 4. The van der Waals surface area contributed by atoms with Gasteiger partial charge in [-0.25, -0.2) is 4.79 Å². The first-order chi connectivity index (χ1) is 7.85. The van der Waals surface area contributed by atoms with E-state index in [1.165, 1.54) is 0 Å². The molecule has 5 nitrogen and oxygen atoms in total. The predicted molar refractivity (Wildman–Crippen MR) is 65.9 cm³/mol. The van der Waals surface area contributed by atoms with Crippen molar-refractivity contribution in [2.24, 2.45) is 0 Å². The Bertz CT molecular complexity index is 253. The second-order valence-corrected chi connectivity index (χ2v) is 5.54. The summed E-state index contributed by atoms with van der Waals surface area (Å²) in [5.74, 6) is 0. The Labute approximate surface area is 103 Å². The van der Waals surface area contributed by atoms with Gasteiger partial charge in [0.25, 0.3) is 0 Å². The van der Waals surface area contributed by atoms with Gasteiger partial charge in [-0.2, -0.15) is 0 Å². The second-order valence-electron chi connectivity index (χ2n) is 5.54. The zero-order chi connectivity index (χ0) is 13.1. The van der Waals surface area contributed by atoms with Gasteiger partial charge in [0.2, 0.25) is 0 Å². The molecule has 1 amide bonds. The van der Waals surface area contributed by atoms with Crippen LogP contribution in [0.4, 0.5) is 4.79 Å². The highest BCUT2D eigenvalue weighted by Crippen LogP contribution is 2.15. The van der Waals surface area contributed by atoms with Crippen LogP contribution in [0.3, 0.4) is 0 Å². The topological polar surface area (TPSA) is 61.8 Å². The smallest absolute Gasteiger partial charge is 0.410 e. The van der Waals surface area contributed by atoms with Crippen molar-refractivity contribution in [3.8, 4) is 0 Å². The molecule has 0 spiro atoms. The van der Waals surface area contributed by atoms with E-state index in [1.54, 1.807) is 4.90 Å². The largest absolute Gasteiger partial charge is 0.444 e. The molecule has 0 radical (unpaired) electrons. The fraction of sp³-hybridized carbons (Fsp3) is 0.917. The fourth-order valence-corrected chi connectivity index (χ4v) is 1.69. The lowest BCUT2D eigenvalue weighted by Gasteiger charge is -2.41. The number of carbonyl (C=O) groups excluding carboxylic acids is 1. The summed E-state index contributed by atoms with van der Waals surface area (Å²) in [5.41, 5.74) is -0.438. The SMILES string of the molecule is CC[C@@H](CO)NC1CN(C(=O)OC(C)(C)C)C1. The van der Waals surface area contributed by atoms with E-state index in [0.29, 0.717) is 13.1 Å². The summed E-state index contributed by atoms with van der Waals surface area (Å²) in [4.78, 5) is 13.3. The molecular weight excluding hydrogens is 220 g/mol. The number of nitrogens with zero attached hydrogens (tertiary/aromatic N) is 1. The van der Waals surface area contributed by atoms with Gasteiger partial charge < -0.3 is 20.1 Å². The molecule has 0 bridgehead atoms. The van der Waals surface area contributed by atoms with E-state index in [9.17, 15) is 4.79 Å². The summed E-state index contributed by atoms with van der Waals surface area (Å²) in [6, 6.07) is 0.403. The average Bonchev–Trinajstić information content (AvgIpc) is 2.13. The molecule has 1 fully saturated rings. The van der Waals surface area contributed by atoms with Gasteiger partial charge >= 0.3 is 6.09 Å². The van der Waals surface area contributed by atoms with Crippen LogP contribution in [0.5, 0.6) is 0 Å². The monoisotopic (exact) mass is 244 g/mol. The number of hydrogen-bond donors (Lipinski definition) is 2. The molecule has 17 heavy (non-hydrogen) atoms. The number of amides is 1. The number of carbonyl (C=O) groups is 1. The van der Waals surface area contributed by atoms with Crippen molar-refractivity contribution >= 4 is 6.09 Å². The molecule has 1 heterocycles. The second kappa shape index (κ2) is 5.69. The lowest BCUT2D eigenvalue weighted by Crippen LogP contribution is -2.62. The van der Waals surface area contributed by atoms with Gasteiger partial charge in [-0.3, -0.25) is 0 Å². The first-order valence-corrected chi connectivity index (χ1v) is 6.20. The number of aliphatic hydroxyl groups excluding tert-OH is 1. The molecule has 0 unspecified atom stereocenters. The van der Waals surface area contributed by atoms with E-state index < -0.39 is 5.60 Å². The number of aliphatic hydroxyl groups is 1. The van der Waals surface area contributed by atoms with Crippen LogP contribution in [-0.2, 0) is 4.74 Å². The maximum atomic E-state index is 11.6. The Morgan fingerprint density at radius 1 is 1.53 bits per heavy atom. The van der Waals surface area contributed by atoms with Gasteiger partial charge in [-0.15, -0.1) is 0 Å². The van der Waals surface area contributed by atoms with E-state index in [-0.39, 0.29) is 24.8 Å². The Hall–Kier alpha value is -0.810. The molecule has 0 aromatic carbocycles. The number of nitrogens with one attached hydrogen (secondary N) is 1. The Morgan fingerprint density at radius 2 is 2.12 bits per heavy atom. The highest BCUT2D eigenvalue weighted by molar-refractivity contribution is 5.69. The van der Waals surface area contributed by atoms with Gasteiger partial charge in [0.05, 0.1) is 6.61 Å². The summed E-state index contributed by atoms with van der Waals surface area (Å²) in [6.07, 6.45) is 0.631. The van der Waals surface area contributed by atoms with E-state index in [2.05, 4.69) is 5.32 Å². The van der Waals surface area contributed by atoms with Crippen LogP contribution in [-0.4, -0.2) is 53.5 Å². The highest BCUT2D eigenvalue weighted by Gasteiger charge is 2.34. The normalized spacial score (nSPS) is 18.8. The number of ether oxygens (including phenoxy) is 1. The maximum Gasteiger partial charge on any atom is 0.410 e. The van der Waals surface area contributed by atoms with Crippen molar-refractivity contribution in [1.82, 2.24) is 10.2 Å². The molecule has 0 aromatic rings. The van der Waals surface area contributed by atoms with Crippen molar-refractivity contribution in [2.75, 3.05) is 19.7 Å². The molecule has 1 saturated heterocycles. The van der Waals surface area contributed by atoms with Crippen molar-refractivity contribution in [1.29, 1.82) is 0 Å². The van der Waals surface area contributed by atoms with Crippen LogP contribution in [0.15, 0.2) is 0 Å². The molecule has 0 aliphatic carbocycles. The van der Waals surface area contributed by atoms with E-state index in [0.717, 1.165) is 6.42 Å². The number of likely N-dealkylation sites (tertiary alicyclic amines) is 1. The molecule has 0 saturated carbocycles. The zero-order valence-electron chi connectivity index (χ0n) is 11.2. The minimum Gasteiger partial charge on any atom is -0.444 e. The van der Waals surface area contributed by atoms with Crippen LogP contribution in [0, 0.1) is 0 Å². The highest BCUT2D eigenvalue weighted by atomic mass is 16.6. The third-order valence-electron chi connectivity index (χ3n) is 2.72. The van der Waals surface area contributed by atoms with E-state index in [4.69, 9.17) is 9.84 Å². The Kier molecular flexibility index (Phi) is 4.77. The van der Waals surface area contributed by atoms with Crippen LogP contribution < -0.4 is 5.32 Å². The van der Waals surface area contributed by atoms with Crippen molar-refractivity contribution in [2.45, 2.75) is 51.8 Å². The molecule has 0 aromatic heterocycles. The third kappa shape index (κ3) is 4.52. The summed E-state index contributed by atoms with van der Waals surface area (Å²) >= 11 is 0. The van der Waals surface area contributed by atoms with Crippen LogP contribution in [0.2, 0.25) is 0 Å². The fourth-order valence-electron chi connectivity index (χ4n) is 1.69. The lowest BCUT2D eigenvalue weighted by atomic mass is 10.1. The predicted octanol–water partition coefficient (Wildman–Crippen LogP) is 0.966. The first-order valence-electron chi connectivity index (χ1n) is 6.20. The zero-order valence-corrected chi connectivity index (χ0v) is 11.2. The molecule has 1 aliphatic heterocycles. The minimum absolute atomic E-state index is 0.126. The molecule has 2 N–H and O–H groups in total. The summed E-state index contributed by atoms with van der Waals surface area (Å²) in [6.45, 7) is 9.06.